The first-order valence-electron chi connectivity index (χ1n) is 7.19. The molecule has 1 amide bonds. The van der Waals surface area contributed by atoms with Crippen LogP contribution >= 0.6 is 11.3 Å². The molecule has 1 aromatic rings. The summed E-state index contributed by atoms with van der Waals surface area (Å²) in [5.74, 6) is 1.32. The van der Waals surface area contributed by atoms with Gasteiger partial charge in [-0.05, 0) is 19.8 Å². The quantitative estimate of drug-likeness (QED) is 0.805. The van der Waals surface area contributed by atoms with Gasteiger partial charge < -0.3 is 14.4 Å². The molecule has 3 heterocycles. The fourth-order valence-corrected chi connectivity index (χ4v) is 3.72. The molecule has 2 aliphatic rings. The van der Waals surface area contributed by atoms with Gasteiger partial charge in [-0.3, -0.25) is 4.79 Å². The molecular formula is C16H19NO3S. The molecule has 21 heavy (non-hydrogen) atoms. The van der Waals surface area contributed by atoms with E-state index in [1.807, 2.05) is 23.3 Å². The molecule has 112 valence electrons. The maximum absolute atomic E-state index is 13.0. The van der Waals surface area contributed by atoms with Gasteiger partial charge in [0.05, 0.1) is 0 Å². The largest absolute Gasteiger partial charge is 0.485 e. The van der Waals surface area contributed by atoms with Crippen molar-refractivity contribution in [1.29, 1.82) is 0 Å². The highest BCUT2D eigenvalue weighted by Crippen LogP contribution is 2.40. The van der Waals surface area contributed by atoms with Crippen molar-refractivity contribution in [3.8, 4) is 11.5 Å². The van der Waals surface area contributed by atoms with Crippen molar-refractivity contribution in [2.45, 2.75) is 31.8 Å². The van der Waals surface area contributed by atoms with Crippen LogP contribution in [0.4, 0.5) is 0 Å². The lowest BCUT2D eigenvalue weighted by Crippen LogP contribution is -2.46. The number of ether oxygens (including phenoxy) is 2. The molecule has 0 saturated heterocycles. The topological polar surface area (TPSA) is 38.8 Å². The van der Waals surface area contributed by atoms with E-state index in [9.17, 15) is 4.79 Å². The monoisotopic (exact) mass is 305 g/mol. The van der Waals surface area contributed by atoms with Gasteiger partial charge >= 0.3 is 0 Å². The molecule has 0 fully saturated rings. The lowest BCUT2D eigenvalue weighted by atomic mass is 10.00. The van der Waals surface area contributed by atoms with Crippen molar-refractivity contribution in [3.05, 3.63) is 35.1 Å². The number of rotatable bonds is 3. The number of amides is 1. The Hall–Kier alpha value is -1.75. The molecule has 0 saturated carbocycles. The van der Waals surface area contributed by atoms with E-state index in [2.05, 4.69) is 18.7 Å². The standard InChI is InChI=1S/C16H19NO3S/c1-3-5-12-7-4-6-11(2)17(12)16(18)15-14-13(10-21-15)19-8-9-20-14/h3-4,6,10-12H,1,5,7-9H2,2H3/t11-,12-/m1/s1. The molecule has 0 bridgehead atoms. The van der Waals surface area contributed by atoms with Crippen LogP contribution in [0.25, 0.3) is 0 Å². The van der Waals surface area contributed by atoms with E-state index in [0.29, 0.717) is 29.6 Å². The Morgan fingerprint density at radius 1 is 1.52 bits per heavy atom. The van der Waals surface area contributed by atoms with E-state index in [-0.39, 0.29) is 18.0 Å². The smallest absolute Gasteiger partial charge is 0.268 e. The average Bonchev–Trinajstić information content (AvgIpc) is 2.91. The van der Waals surface area contributed by atoms with Crippen molar-refractivity contribution in [2.24, 2.45) is 0 Å². The van der Waals surface area contributed by atoms with Crippen LogP contribution in [0.15, 0.2) is 30.2 Å². The molecule has 0 spiro atoms. The molecule has 2 aliphatic heterocycles. The Morgan fingerprint density at radius 3 is 3.14 bits per heavy atom. The normalized spacial score (nSPS) is 24.0. The van der Waals surface area contributed by atoms with Crippen molar-refractivity contribution in [2.75, 3.05) is 13.2 Å². The van der Waals surface area contributed by atoms with Crippen LogP contribution in [0.3, 0.4) is 0 Å². The summed E-state index contributed by atoms with van der Waals surface area (Å²) < 4.78 is 11.2. The molecule has 1 aromatic heterocycles. The summed E-state index contributed by atoms with van der Waals surface area (Å²) in [5, 5.41) is 1.86. The van der Waals surface area contributed by atoms with E-state index in [1.54, 1.807) is 0 Å². The summed E-state index contributed by atoms with van der Waals surface area (Å²) >= 11 is 1.40. The second kappa shape index (κ2) is 5.93. The molecule has 5 heteroatoms. The highest BCUT2D eigenvalue weighted by Gasteiger charge is 2.33. The van der Waals surface area contributed by atoms with Gasteiger partial charge in [-0.2, -0.15) is 0 Å². The van der Waals surface area contributed by atoms with Crippen LogP contribution in [-0.2, 0) is 0 Å². The van der Waals surface area contributed by atoms with Crippen molar-refractivity contribution >= 4 is 17.2 Å². The zero-order valence-electron chi connectivity index (χ0n) is 12.1. The number of carbonyl (C=O) groups excluding carboxylic acids is 1. The molecule has 0 aliphatic carbocycles. The summed E-state index contributed by atoms with van der Waals surface area (Å²) in [7, 11) is 0. The fraction of sp³-hybridized carbons (Fsp3) is 0.438. The summed E-state index contributed by atoms with van der Waals surface area (Å²) in [6.07, 6.45) is 7.76. The van der Waals surface area contributed by atoms with Crippen LogP contribution in [-0.4, -0.2) is 36.1 Å². The van der Waals surface area contributed by atoms with E-state index in [0.717, 1.165) is 12.8 Å². The molecule has 3 rings (SSSR count). The molecule has 2 atom stereocenters. The molecule has 0 unspecified atom stereocenters. The SMILES string of the molecule is C=CC[C@@H]1CC=C[C@@H](C)N1C(=O)c1scc2c1OCCO2. The van der Waals surface area contributed by atoms with Gasteiger partial charge in [-0.25, -0.2) is 0 Å². The van der Waals surface area contributed by atoms with Crippen molar-refractivity contribution in [3.63, 3.8) is 0 Å². The van der Waals surface area contributed by atoms with Gasteiger partial charge in [0.1, 0.15) is 18.1 Å². The summed E-state index contributed by atoms with van der Waals surface area (Å²) in [5.41, 5.74) is 0. The third kappa shape index (κ3) is 2.58. The minimum Gasteiger partial charge on any atom is -0.485 e. The van der Waals surface area contributed by atoms with Gasteiger partial charge in [0.15, 0.2) is 11.5 Å². The fourth-order valence-electron chi connectivity index (χ4n) is 2.85. The first-order chi connectivity index (χ1) is 10.2. The first kappa shape index (κ1) is 14.2. The molecular weight excluding hydrogens is 286 g/mol. The lowest BCUT2D eigenvalue weighted by Gasteiger charge is -2.37. The summed E-state index contributed by atoms with van der Waals surface area (Å²) in [4.78, 5) is 15.5. The molecule has 4 nitrogen and oxygen atoms in total. The Bertz CT molecular complexity index is 578. The van der Waals surface area contributed by atoms with Gasteiger partial charge in [0, 0.05) is 17.5 Å². The van der Waals surface area contributed by atoms with E-state index in [1.165, 1.54) is 11.3 Å². The highest BCUT2D eigenvalue weighted by atomic mass is 32.1. The number of fused-ring (bicyclic) bond motifs is 1. The summed E-state index contributed by atoms with van der Waals surface area (Å²) in [6.45, 7) is 6.88. The van der Waals surface area contributed by atoms with Crippen molar-refractivity contribution in [1.82, 2.24) is 4.90 Å². The highest BCUT2D eigenvalue weighted by molar-refractivity contribution is 7.12. The van der Waals surface area contributed by atoms with Gasteiger partial charge in [0.2, 0.25) is 0 Å². The zero-order chi connectivity index (χ0) is 14.8. The molecule has 0 N–H and O–H groups in total. The van der Waals surface area contributed by atoms with Crippen LogP contribution in [0.2, 0.25) is 0 Å². The number of carbonyl (C=O) groups is 1. The maximum Gasteiger partial charge on any atom is 0.268 e. The van der Waals surface area contributed by atoms with Crippen LogP contribution < -0.4 is 9.47 Å². The summed E-state index contributed by atoms with van der Waals surface area (Å²) in [6, 6.07) is 0.246. The van der Waals surface area contributed by atoms with Gasteiger partial charge in [-0.1, -0.05) is 18.2 Å². The Balaban J connectivity index is 1.90. The first-order valence-corrected chi connectivity index (χ1v) is 8.07. The Morgan fingerprint density at radius 2 is 2.33 bits per heavy atom. The minimum atomic E-state index is 0.0236. The predicted octanol–water partition coefficient (Wildman–Crippen LogP) is 3.25. The third-order valence-electron chi connectivity index (χ3n) is 3.82. The van der Waals surface area contributed by atoms with Gasteiger partial charge in [0.25, 0.3) is 5.91 Å². The molecule has 0 radical (unpaired) electrons. The number of thiophene rings is 1. The van der Waals surface area contributed by atoms with Crippen LogP contribution in [0.1, 0.15) is 29.4 Å². The van der Waals surface area contributed by atoms with Crippen LogP contribution in [0, 0.1) is 0 Å². The maximum atomic E-state index is 13.0. The van der Waals surface area contributed by atoms with Gasteiger partial charge in [-0.15, -0.1) is 17.9 Å². The average molecular weight is 305 g/mol. The third-order valence-corrected chi connectivity index (χ3v) is 4.75. The minimum absolute atomic E-state index is 0.0236. The number of hydrogen-bond acceptors (Lipinski definition) is 4. The lowest BCUT2D eigenvalue weighted by molar-refractivity contribution is 0.0619. The van der Waals surface area contributed by atoms with E-state index in [4.69, 9.17) is 9.47 Å². The Labute approximate surface area is 128 Å². The molecule has 0 aromatic carbocycles. The number of nitrogens with zero attached hydrogens (tertiary/aromatic N) is 1. The van der Waals surface area contributed by atoms with Crippen LogP contribution in [0.5, 0.6) is 11.5 Å². The van der Waals surface area contributed by atoms with E-state index < -0.39 is 0 Å². The zero-order valence-corrected chi connectivity index (χ0v) is 12.9. The second-order valence-electron chi connectivity index (χ2n) is 5.25. The van der Waals surface area contributed by atoms with Crippen molar-refractivity contribution < 1.29 is 14.3 Å². The Kier molecular flexibility index (Phi) is 4.01. The second-order valence-corrected chi connectivity index (χ2v) is 6.13. The van der Waals surface area contributed by atoms with E-state index >= 15 is 0 Å². The predicted molar refractivity (Wildman–Crippen MR) is 83.3 cm³/mol. The number of hydrogen-bond donors (Lipinski definition) is 0.